The Morgan fingerprint density at radius 2 is 2.33 bits per heavy atom. The molecule has 4 heteroatoms. The van der Waals surface area contributed by atoms with Crippen molar-refractivity contribution in [1.82, 2.24) is 4.90 Å². The van der Waals surface area contributed by atoms with E-state index in [9.17, 15) is 8.60 Å². The SMILES string of the molecule is CC1CCN(CCF)CCS1=O. The van der Waals surface area contributed by atoms with Crippen LogP contribution < -0.4 is 0 Å². The predicted octanol–water partition coefficient (Wildman–Crippen LogP) is 0.799. The molecule has 0 spiro atoms. The maximum Gasteiger partial charge on any atom is 0.102 e. The topological polar surface area (TPSA) is 20.3 Å². The standard InChI is InChI=1S/C8H16FNOS/c1-8-2-4-10(5-3-9)6-7-12(8)11/h8H,2-7H2,1H3. The fourth-order valence-corrected chi connectivity index (χ4v) is 2.58. The zero-order valence-electron chi connectivity index (χ0n) is 7.46. The third-order valence-electron chi connectivity index (χ3n) is 2.31. The first-order chi connectivity index (χ1) is 5.74. The summed E-state index contributed by atoms with van der Waals surface area (Å²) in [7, 11) is -0.691. The second kappa shape index (κ2) is 4.92. The van der Waals surface area contributed by atoms with Gasteiger partial charge in [-0.2, -0.15) is 0 Å². The second-order valence-electron chi connectivity index (χ2n) is 3.21. The van der Waals surface area contributed by atoms with Crippen molar-refractivity contribution in [2.75, 3.05) is 32.1 Å². The average Bonchev–Trinajstić information content (AvgIpc) is 2.20. The van der Waals surface area contributed by atoms with Gasteiger partial charge < -0.3 is 0 Å². The summed E-state index contributed by atoms with van der Waals surface area (Å²) < 4.78 is 23.3. The molecule has 1 rings (SSSR count). The molecule has 1 fully saturated rings. The van der Waals surface area contributed by atoms with E-state index in [0.29, 0.717) is 12.3 Å². The normalized spacial score (nSPS) is 33.2. The molecule has 1 heterocycles. The van der Waals surface area contributed by atoms with Crippen LogP contribution in [-0.4, -0.2) is 46.4 Å². The van der Waals surface area contributed by atoms with Crippen LogP contribution in [0.1, 0.15) is 13.3 Å². The van der Waals surface area contributed by atoms with Crippen LogP contribution in [0.2, 0.25) is 0 Å². The zero-order valence-corrected chi connectivity index (χ0v) is 8.28. The van der Waals surface area contributed by atoms with Gasteiger partial charge in [0.25, 0.3) is 0 Å². The van der Waals surface area contributed by atoms with Crippen molar-refractivity contribution < 1.29 is 8.60 Å². The van der Waals surface area contributed by atoms with Crippen LogP contribution in [0, 0.1) is 0 Å². The van der Waals surface area contributed by atoms with Gasteiger partial charge in [-0.25, -0.2) is 4.39 Å². The van der Waals surface area contributed by atoms with E-state index in [1.165, 1.54) is 0 Å². The lowest BCUT2D eigenvalue weighted by Gasteiger charge is -2.16. The van der Waals surface area contributed by atoms with Crippen molar-refractivity contribution in [2.24, 2.45) is 0 Å². The van der Waals surface area contributed by atoms with Crippen molar-refractivity contribution >= 4 is 10.8 Å². The van der Waals surface area contributed by atoms with Gasteiger partial charge in [0.1, 0.15) is 6.67 Å². The Morgan fingerprint density at radius 1 is 1.58 bits per heavy atom. The highest BCUT2D eigenvalue weighted by Crippen LogP contribution is 2.08. The summed E-state index contributed by atoms with van der Waals surface area (Å²) in [6.45, 7) is 3.91. The minimum absolute atomic E-state index is 0.287. The maximum atomic E-state index is 12.0. The van der Waals surface area contributed by atoms with Crippen LogP contribution in [0.5, 0.6) is 0 Å². The molecule has 1 aliphatic heterocycles. The van der Waals surface area contributed by atoms with Gasteiger partial charge in [-0.15, -0.1) is 0 Å². The van der Waals surface area contributed by atoms with Gasteiger partial charge in [0, 0.05) is 34.9 Å². The molecule has 0 aromatic carbocycles. The summed E-state index contributed by atoms with van der Waals surface area (Å²) in [6.07, 6.45) is 0.937. The van der Waals surface area contributed by atoms with Crippen LogP contribution in [-0.2, 0) is 10.8 Å². The largest absolute Gasteiger partial charge is 0.300 e. The lowest BCUT2D eigenvalue weighted by atomic mass is 10.3. The smallest absolute Gasteiger partial charge is 0.102 e. The fraction of sp³-hybridized carbons (Fsp3) is 1.00. The molecule has 1 aliphatic rings. The van der Waals surface area contributed by atoms with Gasteiger partial charge in [0.15, 0.2) is 0 Å². The number of rotatable bonds is 2. The van der Waals surface area contributed by atoms with Crippen molar-refractivity contribution in [2.45, 2.75) is 18.6 Å². The van der Waals surface area contributed by atoms with Gasteiger partial charge in [-0.3, -0.25) is 9.11 Å². The van der Waals surface area contributed by atoms with E-state index in [1.54, 1.807) is 0 Å². The molecule has 1 saturated heterocycles. The number of alkyl halides is 1. The molecule has 0 amide bonds. The van der Waals surface area contributed by atoms with E-state index < -0.39 is 10.8 Å². The van der Waals surface area contributed by atoms with Gasteiger partial charge >= 0.3 is 0 Å². The summed E-state index contributed by atoms with van der Waals surface area (Å²) >= 11 is 0. The average molecular weight is 193 g/mol. The minimum atomic E-state index is -0.691. The third kappa shape index (κ3) is 2.83. The Labute approximate surface area is 75.6 Å². The fourth-order valence-electron chi connectivity index (χ4n) is 1.37. The van der Waals surface area contributed by atoms with Crippen molar-refractivity contribution in [1.29, 1.82) is 0 Å². The minimum Gasteiger partial charge on any atom is -0.300 e. The highest BCUT2D eigenvalue weighted by atomic mass is 32.2. The highest BCUT2D eigenvalue weighted by molar-refractivity contribution is 7.85. The molecule has 0 radical (unpaired) electrons. The molecule has 0 N–H and O–H groups in total. The summed E-state index contributed by atoms with van der Waals surface area (Å²) in [5.74, 6) is 0.709. The van der Waals surface area contributed by atoms with Crippen LogP contribution >= 0.6 is 0 Å². The van der Waals surface area contributed by atoms with Crippen LogP contribution in [0.4, 0.5) is 4.39 Å². The molecule has 2 unspecified atom stereocenters. The van der Waals surface area contributed by atoms with Gasteiger partial charge in [0.2, 0.25) is 0 Å². The van der Waals surface area contributed by atoms with Crippen LogP contribution in [0.3, 0.4) is 0 Å². The summed E-state index contributed by atoms with van der Waals surface area (Å²) in [5.41, 5.74) is 0. The Bertz CT molecular complexity index is 165. The van der Waals surface area contributed by atoms with Crippen molar-refractivity contribution in [3.8, 4) is 0 Å². The quantitative estimate of drug-likeness (QED) is 0.646. The van der Waals surface area contributed by atoms with E-state index in [-0.39, 0.29) is 11.9 Å². The van der Waals surface area contributed by atoms with Crippen LogP contribution in [0.15, 0.2) is 0 Å². The molecule has 0 aromatic heterocycles. The van der Waals surface area contributed by atoms with Crippen molar-refractivity contribution in [3.63, 3.8) is 0 Å². The first-order valence-corrected chi connectivity index (χ1v) is 5.77. The zero-order chi connectivity index (χ0) is 8.97. The van der Waals surface area contributed by atoms with E-state index in [1.807, 2.05) is 6.92 Å². The molecule has 0 bridgehead atoms. The van der Waals surface area contributed by atoms with E-state index >= 15 is 0 Å². The Balaban J connectivity index is 2.38. The number of halogens is 1. The lowest BCUT2D eigenvalue weighted by Crippen LogP contribution is -2.28. The first kappa shape index (κ1) is 10.1. The Morgan fingerprint density at radius 3 is 3.00 bits per heavy atom. The van der Waals surface area contributed by atoms with E-state index in [0.717, 1.165) is 19.5 Å². The molecule has 2 atom stereocenters. The van der Waals surface area contributed by atoms with Crippen molar-refractivity contribution in [3.05, 3.63) is 0 Å². The molecule has 0 saturated carbocycles. The lowest BCUT2D eigenvalue weighted by molar-refractivity contribution is 0.262. The molecule has 0 aromatic rings. The molecule has 0 aliphatic carbocycles. The molecule has 12 heavy (non-hydrogen) atoms. The number of nitrogens with zero attached hydrogens (tertiary/aromatic N) is 1. The van der Waals surface area contributed by atoms with E-state index in [2.05, 4.69) is 4.90 Å². The summed E-state index contributed by atoms with van der Waals surface area (Å²) in [6, 6.07) is 0. The molecular weight excluding hydrogens is 177 g/mol. The van der Waals surface area contributed by atoms with Gasteiger partial charge in [-0.1, -0.05) is 6.92 Å². The first-order valence-electron chi connectivity index (χ1n) is 4.39. The highest BCUT2D eigenvalue weighted by Gasteiger charge is 2.18. The summed E-state index contributed by atoms with van der Waals surface area (Å²) in [5, 5.41) is 0.287. The molecular formula is C8H16FNOS. The molecule has 72 valence electrons. The number of hydrogen-bond donors (Lipinski definition) is 0. The third-order valence-corrected chi connectivity index (χ3v) is 4.03. The summed E-state index contributed by atoms with van der Waals surface area (Å²) in [4.78, 5) is 2.06. The predicted molar refractivity (Wildman–Crippen MR) is 49.5 cm³/mol. The second-order valence-corrected chi connectivity index (χ2v) is 5.19. The molecule has 2 nitrogen and oxygen atoms in total. The van der Waals surface area contributed by atoms with Gasteiger partial charge in [0.05, 0.1) is 0 Å². The van der Waals surface area contributed by atoms with Gasteiger partial charge in [-0.05, 0) is 13.0 Å². The Hall–Kier alpha value is 0.0400. The maximum absolute atomic E-state index is 12.0. The Kier molecular flexibility index (Phi) is 4.15. The monoisotopic (exact) mass is 193 g/mol. The number of hydrogen-bond acceptors (Lipinski definition) is 2. The van der Waals surface area contributed by atoms with E-state index in [4.69, 9.17) is 0 Å². The van der Waals surface area contributed by atoms with Crippen LogP contribution in [0.25, 0.3) is 0 Å².